The topological polar surface area (TPSA) is 71.3 Å². The van der Waals surface area contributed by atoms with Crippen molar-refractivity contribution in [3.63, 3.8) is 0 Å². The molecule has 2 bridgehead atoms. The number of hydrogen-bond acceptors (Lipinski definition) is 2. The number of aliphatic carboxylic acids is 1. The van der Waals surface area contributed by atoms with Gasteiger partial charge < -0.3 is 15.0 Å². The summed E-state index contributed by atoms with van der Waals surface area (Å²) in [6.45, 7) is 0. The largest absolute Gasteiger partial charge is 0.481 e. The molecule has 0 saturated heterocycles. The summed E-state index contributed by atoms with van der Waals surface area (Å²) in [6, 6.07) is 11.9. The first-order chi connectivity index (χ1) is 14.6. The number of unbranched alkanes of at least 4 members (excludes halogenated alkanes) is 1. The van der Waals surface area contributed by atoms with Gasteiger partial charge >= 0.3 is 5.97 Å². The Balaban J connectivity index is 1.37. The van der Waals surface area contributed by atoms with Crippen LogP contribution in [0.2, 0.25) is 0 Å². The lowest BCUT2D eigenvalue weighted by Gasteiger charge is -2.31. The molecule has 0 aliphatic heterocycles. The first-order valence-corrected chi connectivity index (χ1v) is 11.0. The van der Waals surface area contributed by atoms with Gasteiger partial charge in [-0.25, -0.2) is 0 Å². The van der Waals surface area contributed by atoms with Crippen LogP contribution in [0.1, 0.15) is 55.3 Å². The monoisotopic (exact) mass is 406 g/mol. The van der Waals surface area contributed by atoms with Gasteiger partial charge in [0, 0.05) is 36.1 Å². The van der Waals surface area contributed by atoms with Crippen LogP contribution in [-0.2, 0) is 4.79 Å². The van der Waals surface area contributed by atoms with Gasteiger partial charge in [0.15, 0.2) is 0 Å². The van der Waals surface area contributed by atoms with Crippen LogP contribution in [0.4, 0.5) is 0 Å². The Hall–Kier alpha value is -2.82. The third-order valence-electron chi connectivity index (χ3n) is 6.73. The van der Waals surface area contributed by atoms with Crippen molar-refractivity contribution >= 4 is 11.9 Å². The molecule has 30 heavy (non-hydrogen) atoms. The first-order valence-electron chi connectivity index (χ1n) is 11.0. The van der Waals surface area contributed by atoms with Crippen LogP contribution in [0.3, 0.4) is 0 Å². The van der Waals surface area contributed by atoms with E-state index in [0.717, 1.165) is 18.5 Å². The minimum Gasteiger partial charge on any atom is -0.481 e. The van der Waals surface area contributed by atoms with Crippen LogP contribution in [0.25, 0.3) is 5.69 Å². The molecule has 5 heteroatoms. The molecule has 2 aliphatic carbocycles. The van der Waals surface area contributed by atoms with Crippen molar-refractivity contribution in [3.05, 3.63) is 66.5 Å². The number of hydrogen-bond donors (Lipinski definition) is 2. The van der Waals surface area contributed by atoms with Gasteiger partial charge in [-0.3, -0.25) is 9.59 Å². The molecule has 1 aromatic heterocycles. The van der Waals surface area contributed by atoms with E-state index < -0.39 is 5.97 Å². The molecule has 2 aromatic rings. The molecule has 158 valence electrons. The zero-order valence-electron chi connectivity index (χ0n) is 17.2. The van der Waals surface area contributed by atoms with Crippen LogP contribution >= 0.6 is 0 Å². The molecule has 2 N–H and O–H groups in total. The molecule has 1 heterocycles. The number of carboxylic acids is 1. The van der Waals surface area contributed by atoms with Gasteiger partial charge in [0.05, 0.1) is 0 Å². The number of aromatic nitrogens is 1. The van der Waals surface area contributed by atoms with Crippen molar-refractivity contribution in [2.75, 3.05) is 0 Å². The molecular weight excluding hydrogens is 376 g/mol. The van der Waals surface area contributed by atoms with Crippen LogP contribution in [-0.4, -0.2) is 27.6 Å². The van der Waals surface area contributed by atoms with Gasteiger partial charge in [0.2, 0.25) is 0 Å². The molecule has 2 saturated carbocycles. The molecule has 5 nitrogen and oxygen atoms in total. The van der Waals surface area contributed by atoms with E-state index >= 15 is 0 Å². The number of rotatable bonds is 9. The summed E-state index contributed by atoms with van der Waals surface area (Å²) in [6.07, 6.45) is 14.6. The fraction of sp³-hybridized carbons (Fsp3) is 0.440. The number of carbonyl (C=O) groups excluding carboxylic acids is 1. The predicted octanol–water partition coefficient (Wildman–Crippen LogP) is 4.82. The molecule has 1 amide bonds. The number of allylic oxidation sites excluding steroid dienone is 2. The second-order valence-electron chi connectivity index (χ2n) is 8.63. The van der Waals surface area contributed by atoms with Gasteiger partial charge in [-0.15, -0.1) is 0 Å². The number of fused-ring (bicyclic) bond motifs is 2. The Labute approximate surface area is 177 Å². The van der Waals surface area contributed by atoms with Crippen molar-refractivity contribution < 1.29 is 14.7 Å². The lowest BCUT2D eigenvalue weighted by molar-refractivity contribution is -0.137. The molecule has 2 aliphatic rings. The average molecular weight is 407 g/mol. The first kappa shape index (κ1) is 20.5. The van der Waals surface area contributed by atoms with Crippen molar-refractivity contribution in [3.8, 4) is 5.69 Å². The quantitative estimate of drug-likeness (QED) is 0.463. The Morgan fingerprint density at radius 2 is 1.90 bits per heavy atom. The normalized spacial score (nSPS) is 25.1. The maximum atomic E-state index is 13.0. The minimum atomic E-state index is -0.736. The van der Waals surface area contributed by atoms with Crippen LogP contribution in [0, 0.1) is 17.8 Å². The van der Waals surface area contributed by atoms with Crippen molar-refractivity contribution in [1.29, 1.82) is 0 Å². The Morgan fingerprint density at radius 1 is 1.10 bits per heavy atom. The summed E-state index contributed by atoms with van der Waals surface area (Å²) < 4.78 is 2.01. The van der Waals surface area contributed by atoms with E-state index in [1.165, 1.54) is 19.3 Å². The van der Waals surface area contributed by atoms with E-state index in [1.807, 2.05) is 53.4 Å². The highest BCUT2D eigenvalue weighted by Crippen LogP contribution is 2.50. The standard InChI is InChI=1S/C25H30N2O3/c28-23(29)11-4-2-1-3-10-22-18-12-13-19(16-18)24(22)26-25(30)20-8-7-9-21(17-20)27-14-5-6-15-27/h1,3,5-9,14-15,17-19,22,24H,2,4,10-13,16H2,(H,26,30)(H,28,29)/b3-1-/t18-,19?,22+,24+/m0/s1. The molecule has 0 spiro atoms. The molecule has 4 rings (SSSR count). The second-order valence-corrected chi connectivity index (χ2v) is 8.63. The van der Waals surface area contributed by atoms with Crippen LogP contribution in [0.15, 0.2) is 60.9 Å². The zero-order chi connectivity index (χ0) is 20.9. The molecular formula is C25H30N2O3. The van der Waals surface area contributed by atoms with Gasteiger partial charge in [-0.1, -0.05) is 18.2 Å². The van der Waals surface area contributed by atoms with E-state index in [2.05, 4.69) is 17.5 Å². The second kappa shape index (κ2) is 9.33. The molecule has 0 radical (unpaired) electrons. The molecule has 1 unspecified atom stereocenters. The molecule has 4 atom stereocenters. The van der Waals surface area contributed by atoms with Crippen molar-refractivity contribution in [2.24, 2.45) is 17.8 Å². The average Bonchev–Trinajstić information content (AvgIpc) is 3.49. The highest BCUT2D eigenvalue weighted by atomic mass is 16.4. The highest BCUT2D eigenvalue weighted by molar-refractivity contribution is 5.95. The van der Waals surface area contributed by atoms with Crippen LogP contribution < -0.4 is 5.32 Å². The number of carboxylic acid groups (broad SMARTS) is 1. The smallest absolute Gasteiger partial charge is 0.303 e. The third kappa shape index (κ3) is 4.66. The fourth-order valence-electron chi connectivity index (χ4n) is 5.27. The Kier molecular flexibility index (Phi) is 6.36. The number of nitrogens with one attached hydrogen (secondary N) is 1. The molecule has 1 aromatic carbocycles. The number of amides is 1. The lowest BCUT2D eigenvalue weighted by Crippen LogP contribution is -2.43. The Bertz CT molecular complexity index is 903. The number of nitrogens with zero attached hydrogens (tertiary/aromatic N) is 1. The zero-order valence-corrected chi connectivity index (χ0v) is 17.2. The third-order valence-corrected chi connectivity index (χ3v) is 6.73. The van der Waals surface area contributed by atoms with E-state index in [0.29, 0.717) is 29.7 Å². The summed E-state index contributed by atoms with van der Waals surface area (Å²) >= 11 is 0. The van der Waals surface area contributed by atoms with Gasteiger partial charge in [-0.05, 0) is 86.6 Å². The highest BCUT2D eigenvalue weighted by Gasteiger charge is 2.47. The summed E-state index contributed by atoms with van der Waals surface area (Å²) in [5.74, 6) is 1.03. The summed E-state index contributed by atoms with van der Waals surface area (Å²) in [5.41, 5.74) is 1.69. The van der Waals surface area contributed by atoms with Gasteiger partial charge in [-0.2, -0.15) is 0 Å². The van der Waals surface area contributed by atoms with Crippen molar-refractivity contribution in [1.82, 2.24) is 9.88 Å². The van der Waals surface area contributed by atoms with Crippen molar-refractivity contribution in [2.45, 2.75) is 51.0 Å². The number of benzene rings is 1. The van der Waals surface area contributed by atoms with E-state index in [1.54, 1.807) is 0 Å². The predicted molar refractivity (Wildman–Crippen MR) is 117 cm³/mol. The fourth-order valence-corrected chi connectivity index (χ4v) is 5.27. The van der Waals surface area contributed by atoms with E-state index in [4.69, 9.17) is 5.11 Å². The van der Waals surface area contributed by atoms with Gasteiger partial charge in [0.1, 0.15) is 0 Å². The SMILES string of the molecule is O=C(O)CCC/C=C\C[C@@H]1[C@H]2CCC(C2)[C@H]1NC(=O)c1cccc(-n2cccc2)c1. The minimum absolute atomic E-state index is 0.0111. The van der Waals surface area contributed by atoms with E-state index in [-0.39, 0.29) is 18.4 Å². The maximum absolute atomic E-state index is 13.0. The number of carbonyl (C=O) groups is 2. The van der Waals surface area contributed by atoms with Gasteiger partial charge in [0.25, 0.3) is 5.91 Å². The molecule has 2 fully saturated rings. The maximum Gasteiger partial charge on any atom is 0.303 e. The lowest BCUT2D eigenvalue weighted by atomic mass is 9.82. The summed E-state index contributed by atoms with van der Waals surface area (Å²) in [7, 11) is 0. The van der Waals surface area contributed by atoms with Crippen LogP contribution in [0.5, 0.6) is 0 Å². The summed E-state index contributed by atoms with van der Waals surface area (Å²) in [4.78, 5) is 23.6. The Morgan fingerprint density at radius 3 is 2.70 bits per heavy atom. The van der Waals surface area contributed by atoms with E-state index in [9.17, 15) is 9.59 Å². The summed E-state index contributed by atoms with van der Waals surface area (Å²) in [5, 5.41) is 12.1.